The number of allylic oxidation sites excluding steroid dienone is 1. The highest BCUT2D eigenvalue weighted by Crippen LogP contribution is 2.34. The summed E-state index contributed by atoms with van der Waals surface area (Å²) in [7, 11) is 3.95. The molecule has 1 aromatic rings. The summed E-state index contributed by atoms with van der Waals surface area (Å²) < 4.78 is 0. The molecule has 0 radical (unpaired) electrons. The molecule has 160 valence electrons. The maximum absolute atomic E-state index is 10.3. The van der Waals surface area contributed by atoms with Gasteiger partial charge in [-0.05, 0) is 44.1 Å². The molecule has 2 rings (SSSR count). The van der Waals surface area contributed by atoms with E-state index >= 15 is 0 Å². The average Bonchev–Trinajstić information content (AvgIpc) is 2.71. The zero-order valence-corrected chi connectivity index (χ0v) is 19.3. The largest absolute Gasteiger partial charge is 0.390 e. The fourth-order valence-corrected chi connectivity index (χ4v) is 4.69. The maximum atomic E-state index is 10.3. The Morgan fingerprint density at radius 1 is 1.38 bits per heavy atom. The van der Waals surface area contributed by atoms with Crippen molar-refractivity contribution in [1.29, 1.82) is 0 Å². The summed E-state index contributed by atoms with van der Waals surface area (Å²) in [5.74, 6) is 2.80. The van der Waals surface area contributed by atoms with Gasteiger partial charge in [0.25, 0.3) is 0 Å². The van der Waals surface area contributed by atoms with Crippen molar-refractivity contribution in [1.82, 2.24) is 4.90 Å². The first-order chi connectivity index (χ1) is 13.9. The van der Waals surface area contributed by atoms with Crippen molar-refractivity contribution in [3.8, 4) is 0 Å². The molecule has 3 atom stereocenters. The molecule has 0 spiro atoms. The van der Waals surface area contributed by atoms with Crippen molar-refractivity contribution < 1.29 is 4.79 Å². The van der Waals surface area contributed by atoms with Gasteiger partial charge in [-0.2, -0.15) is 0 Å². The molecule has 1 aliphatic rings. The quantitative estimate of drug-likeness (QED) is 0.365. The molecule has 0 heterocycles. The number of benzene rings is 1. The van der Waals surface area contributed by atoms with Crippen LogP contribution in [-0.4, -0.2) is 42.6 Å². The molecule has 0 aliphatic heterocycles. The Kier molecular flexibility index (Phi) is 12.2. The van der Waals surface area contributed by atoms with Crippen LogP contribution >= 0.6 is 11.8 Å². The maximum Gasteiger partial charge on any atom is 0.134 e. The Labute approximate surface area is 181 Å². The molecule has 1 fully saturated rings. The summed E-state index contributed by atoms with van der Waals surface area (Å²) >= 11 is 1.72. The Balaban J connectivity index is 0.000000308. The number of aliphatic imine (C=N–C) groups is 1. The SMILES string of the molecule is C=C(C(CCc1ccccc1)N=CN)N(C)C.CC(=C=O)SC1CCCC(C)C1. The van der Waals surface area contributed by atoms with Gasteiger partial charge in [-0.15, -0.1) is 11.8 Å². The fourth-order valence-electron chi connectivity index (χ4n) is 3.44. The van der Waals surface area contributed by atoms with Crippen LogP contribution in [0.1, 0.15) is 51.5 Å². The third-order valence-corrected chi connectivity index (χ3v) is 6.35. The molecule has 5 heteroatoms. The van der Waals surface area contributed by atoms with Gasteiger partial charge in [0.2, 0.25) is 0 Å². The van der Waals surface area contributed by atoms with E-state index in [1.165, 1.54) is 37.6 Å². The highest BCUT2D eigenvalue weighted by molar-refractivity contribution is 8.03. The van der Waals surface area contributed by atoms with Crippen molar-refractivity contribution in [3.63, 3.8) is 0 Å². The molecule has 4 nitrogen and oxygen atoms in total. The summed E-state index contributed by atoms with van der Waals surface area (Å²) in [5, 5.41) is 0.676. The van der Waals surface area contributed by atoms with Crippen LogP contribution in [-0.2, 0) is 11.2 Å². The lowest BCUT2D eigenvalue weighted by Crippen LogP contribution is -2.22. The number of nitrogens with zero attached hydrogens (tertiary/aromatic N) is 2. The summed E-state index contributed by atoms with van der Waals surface area (Å²) in [4.78, 5) is 17.4. The number of likely N-dealkylation sites (N-methyl/N-ethyl adjacent to an activating group) is 1. The molecule has 0 saturated heterocycles. The summed E-state index contributed by atoms with van der Waals surface area (Å²) in [6.45, 7) is 8.20. The van der Waals surface area contributed by atoms with Crippen LogP contribution in [0.4, 0.5) is 0 Å². The second kappa shape index (κ2) is 14.1. The van der Waals surface area contributed by atoms with Gasteiger partial charge >= 0.3 is 0 Å². The molecule has 1 aliphatic carbocycles. The molecule has 1 saturated carbocycles. The zero-order chi connectivity index (χ0) is 21.6. The van der Waals surface area contributed by atoms with Crippen LogP contribution in [0.25, 0.3) is 0 Å². The first-order valence-electron chi connectivity index (χ1n) is 10.4. The van der Waals surface area contributed by atoms with E-state index in [1.807, 2.05) is 37.9 Å². The first kappa shape index (κ1) is 25.1. The number of hydrogen-bond acceptors (Lipinski definition) is 4. The van der Waals surface area contributed by atoms with Crippen molar-refractivity contribution in [2.24, 2.45) is 16.6 Å². The predicted octanol–water partition coefficient (Wildman–Crippen LogP) is 5.08. The minimum atomic E-state index is 0.0650. The van der Waals surface area contributed by atoms with E-state index in [9.17, 15) is 4.79 Å². The van der Waals surface area contributed by atoms with Crippen LogP contribution in [0, 0.1) is 5.92 Å². The Morgan fingerprint density at radius 3 is 2.62 bits per heavy atom. The normalized spacial score (nSPS) is 19.6. The smallest absolute Gasteiger partial charge is 0.134 e. The predicted molar refractivity (Wildman–Crippen MR) is 128 cm³/mol. The number of rotatable bonds is 8. The van der Waals surface area contributed by atoms with E-state index in [2.05, 4.69) is 42.8 Å². The molecule has 2 N–H and O–H groups in total. The second-order valence-corrected chi connectivity index (χ2v) is 9.41. The molecule has 3 unspecified atom stereocenters. The number of nitrogens with two attached hydrogens (primary N) is 1. The fraction of sp³-hybridized carbons (Fsp3) is 0.542. The molecule has 1 aromatic carbocycles. The molecule has 0 amide bonds. The lowest BCUT2D eigenvalue weighted by atomic mass is 9.91. The molecule has 0 aromatic heterocycles. The lowest BCUT2D eigenvalue weighted by molar-refractivity contribution is 0.394. The van der Waals surface area contributed by atoms with Crippen molar-refractivity contribution >= 4 is 24.0 Å². The van der Waals surface area contributed by atoms with E-state index in [0.717, 1.165) is 29.4 Å². The van der Waals surface area contributed by atoms with E-state index in [-0.39, 0.29) is 6.04 Å². The van der Waals surface area contributed by atoms with E-state index in [0.29, 0.717) is 5.25 Å². The van der Waals surface area contributed by atoms with Crippen LogP contribution < -0.4 is 5.73 Å². The van der Waals surface area contributed by atoms with Gasteiger partial charge in [0.1, 0.15) is 5.94 Å². The monoisotopic (exact) mass is 415 g/mol. The van der Waals surface area contributed by atoms with Crippen LogP contribution in [0.3, 0.4) is 0 Å². The summed E-state index contributed by atoms with van der Waals surface area (Å²) in [6, 6.07) is 10.4. The van der Waals surface area contributed by atoms with Gasteiger partial charge in [-0.3, -0.25) is 4.99 Å². The minimum Gasteiger partial charge on any atom is -0.390 e. The first-order valence-corrected chi connectivity index (χ1v) is 11.3. The van der Waals surface area contributed by atoms with Gasteiger partial charge in [-0.25, -0.2) is 4.79 Å². The summed E-state index contributed by atoms with van der Waals surface area (Å²) in [6.07, 6.45) is 8.50. The third-order valence-electron chi connectivity index (χ3n) is 5.15. The number of thioether (sulfide) groups is 1. The van der Waals surface area contributed by atoms with Crippen LogP contribution in [0.2, 0.25) is 0 Å². The Hall–Kier alpha value is -1.97. The number of carbonyl (C=O) groups excluding carboxylic acids is 1. The van der Waals surface area contributed by atoms with Crippen LogP contribution in [0.5, 0.6) is 0 Å². The van der Waals surface area contributed by atoms with Crippen molar-refractivity contribution in [3.05, 3.63) is 53.1 Å². The van der Waals surface area contributed by atoms with Gasteiger partial charge in [0.15, 0.2) is 0 Å². The average molecular weight is 416 g/mol. The van der Waals surface area contributed by atoms with Crippen LogP contribution in [0.15, 0.2) is 52.5 Å². The number of hydrogen-bond donors (Lipinski definition) is 1. The van der Waals surface area contributed by atoms with Crippen molar-refractivity contribution in [2.75, 3.05) is 14.1 Å². The molecule has 29 heavy (non-hydrogen) atoms. The second-order valence-electron chi connectivity index (χ2n) is 7.89. The summed E-state index contributed by atoms with van der Waals surface area (Å²) in [5.41, 5.74) is 7.69. The van der Waals surface area contributed by atoms with Crippen molar-refractivity contribution in [2.45, 2.75) is 63.7 Å². The topological polar surface area (TPSA) is 58.7 Å². The highest BCUT2D eigenvalue weighted by atomic mass is 32.2. The standard InChI is InChI=1S/C14H21N3.C10H16OS/c1-12(17(2)3)14(16-11-15)10-9-13-7-5-4-6-8-13;1-8-4-3-5-10(6-8)12-9(2)7-11/h4-8,11,14H,1,9-10H2,2-3H3,(H2,15,16);8,10H,3-6H2,1-2H3. The molecular weight excluding hydrogens is 378 g/mol. The van der Waals surface area contributed by atoms with Gasteiger partial charge in [-0.1, -0.05) is 56.7 Å². The zero-order valence-electron chi connectivity index (χ0n) is 18.4. The van der Waals surface area contributed by atoms with E-state index < -0.39 is 0 Å². The molecule has 0 bridgehead atoms. The Morgan fingerprint density at radius 2 is 2.07 bits per heavy atom. The van der Waals surface area contributed by atoms with E-state index in [4.69, 9.17) is 5.73 Å². The molecular formula is C24H37N3OS. The van der Waals surface area contributed by atoms with E-state index in [1.54, 1.807) is 11.8 Å². The highest BCUT2D eigenvalue weighted by Gasteiger charge is 2.19. The van der Waals surface area contributed by atoms with Gasteiger partial charge in [0, 0.05) is 25.0 Å². The van der Waals surface area contributed by atoms with Gasteiger partial charge < -0.3 is 10.6 Å². The number of aryl methyl sites for hydroxylation is 1. The minimum absolute atomic E-state index is 0.0650. The Bertz CT molecular complexity index is 681. The lowest BCUT2D eigenvalue weighted by Gasteiger charge is -2.25. The van der Waals surface area contributed by atoms with Gasteiger partial charge in [0.05, 0.1) is 17.3 Å². The third kappa shape index (κ3) is 10.4.